The van der Waals surface area contributed by atoms with E-state index < -0.39 is 11.5 Å². The van der Waals surface area contributed by atoms with E-state index in [1.165, 1.54) is 0 Å². The van der Waals surface area contributed by atoms with Gasteiger partial charge in [0.1, 0.15) is 5.54 Å². The van der Waals surface area contributed by atoms with Crippen LogP contribution in [0.5, 0.6) is 0 Å². The van der Waals surface area contributed by atoms with E-state index in [0.717, 1.165) is 25.8 Å². The maximum Gasteiger partial charge on any atom is 0.329 e. The fourth-order valence-corrected chi connectivity index (χ4v) is 2.23. The zero-order valence-electron chi connectivity index (χ0n) is 9.45. The van der Waals surface area contributed by atoms with Gasteiger partial charge >= 0.3 is 5.97 Å². The Morgan fingerprint density at radius 3 is 2.50 bits per heavy atom. The Morgan fingerprint density at radius 2 is 2.06 bits per heavy atom. The monoisotopic (exact) mass is 226 g/mol. The number of hydrogen-bond donors (Lipinski definition) is 3. The van der Waals surface area contributed by atoms with E-state index in [0.29, 0.717) is 6.54 Å². The first-order chi connectivity index (χ1) is 7.54. The third-order valence-corrected chi connectivity index (χ3v) is 3.65. The predicted octanol–water partition coefficient (Wildman–Crippen LogP) is -0.0346. The minimum Gasteiger partial charge on any atom is -0.480 e. The summed E-state index contributed by atoms with van der Waals surface area (Å²) >= 11 is 0. The van der Waals surface area contributed by atoms with Gasteiger partial charge in [-0.1, -0.05) is 0 Å². The van der Waals surface area contributed by atoms with Crippen molar-refractivity contribution in [3.8, 4) is 0 Å². The Kier molecular flexibility index (Phi) is 2.88. The molecule has 90 valence electrons. The second-order valence-corrected chi connectivity index (χ2v) is 4.96. The van der Waals surface area contributed by atoms with Crippen LogP contribution in [0.3, 0.4) is 0 Å². The van der Waals surface area contributed by atoms with Gasteiger partial charge in [-0.3, -0.25) is 4.79 Å². The lowest BCUT2D eigenvalue weighted by Crippen LogP contribution is -2.55. The van der Waals surface area contributed by atoms with Crippen LogP contribution < -0.4 is 10.6 Å². The minimum absolute atomic E-state index is 0.0718. The molecule has 0 aromatic rings. The second kappa shape index (κ2) is 4.05. The van der Waals surface area contributed by atoms with Crippen molar-refractivity contribution in [3.05, 3.63) is 0 Å². The lowest BCUT2D eigenvalue weighted by Gasteiger charge is -2.27. The average Bonchev–Trinajstić information content (AvgIpc) is 2.94. The van der Waals surface area contributed by atoms with Gasteiger partial charge in [0.2, 0.25) is 5.91 Å². The molecule has 0 aromatic carbocycles. The Hall–Kier alpha value is -1.10. The summed E-state index contributed by atoms with van der Waals surface area (Å²) in [5.41, 5.74) is -1.07. The summed E-state index contributed by atoms with van der Waals surface area (Å²) in [5.74, 6) is -1.02. The SMILES string of the molecule is CC(NC(=O)C1CCNC1)(C(=O)O)C1CC1. The molecule has 1 heterocycles. The molecule has 1 aliphatic carbocycles. The van der Waals surface area contributed by atoms with Crippen molar-refractivity contribution in [1.82, 2.24) is 10.6 Å². The van der Waals surface area contributed by atoms with Crippen LogP contribution in [-0.2, 0) is 9.59 Å². The summed E-state index contributed by atoms with van der Waals surface area (Å²) in [7, 11) is 0. The second-order valence-electron chi connectivity index (χ2n) is 4.96. The molecular weight excluding hydrogens is 208 g/mol. The summed E-state index contributed by atoms with van der Waals surface area (Å²) in [6.07, 6.45) is 2.59. The Balaban J connectivity index is 2.00. The van der Waals surface area contributed by atoms with Crippen molar-refractivity contribution in [2.45, 2.75) is 31.7 Å². The van der Waals surface area contributed by atoms with Gasteiger partial charge in [-0.15, -0.1) is 0 Å². The molecule has 0 radical (unpaired) electrons. The Morgan fingerprint density at radius 1 is 1.38 bits per heavy atom. The van der Waals surface area contributed by atoms with E-state index in [1.54, 1.807) is 6.92 Å². The summed E-state index contributed by atoms with van der Waals surface area (Å²) in [6, 6.07) is 0. The number of nitrogens with one attached hydrogen (secondary N) is 2. The fraction of sp³-hybridized carbons (Fsp3) is 0.818. The molecular formula is C11H18N2O3. The number of carbonyl (C=O) groups is 2. The van der Waals surface area contributed by atoms with Gasteiger partial charge in [0, 0.05) is 6.54 Å². The highest BCUT2D eigenvalue weighted by molar-refractivity contribution is 5.88. The molecule has 1 aliphatic heterocycles. The van der Waals surface area contributed by atoms with Crippen molar-refractivity contribution in [3.63, 3.8) is 0 Å². The third kappa shape index (κ3) is 2.04. The van der Waals surface area contributed by atoms with Gasteiger partial charge in [-0.05, 0) is 38.6 Å². The van der Waals surface area contributed by atoms with Gasteiger partial charge in [0.05, 0.1) is 5.92 Å². The molecule has 2 atom stereocenters. The van der Waals surface area contributed by atoms with Crippen molar-refractivity contribution in [1.29, 1.82) is 0 Å². The quantitative estimate of drug-likeness (QED) is 0.629. The molecule has 1 amide bonds. The lowest BCUT2D eigenvalue weighted by atomic mass is 9.94. The maximum atomic E-state index is 11.9. The molecule has 5 heteroatoms. The average molecular weight is 226 g/mol. The zero-order chi connectivity index (χ0) is 11.8. The first-order valence-corrected chi connectivity index (χ1v) is 5.80. The summed E-state index contributed by atoms with van der Waals surface area (Å²) < 4.78 is 0. The number of amides is 1. The molecule has 2 unspecified atom stereocenters. The molecule has 2 fully saturated rings. The number of carboxylic acids is 1. The first kappa shape index (κ1) is 11.4. The minimum atomic E-state index is -1.07. The molecule has 0 bridgehead atoms. The van der Waals surface area contributed by atoms with Crippen LogP contribution in [0.2, 0.25) is 0 Å². The van der Waals surface area contributed by atoms with Gasteiger partial charge in [-0.2, -0.15) is 0 Å². The van der Waals surface area contributed by atoms with E-state index >= 15 is 0 Å². The summed E-state index contributed by atoms with van der Waals surface area (Å²) in [6.45, 7) is 3.12. The third-order valence-electron chi connectivity index (χ3n) is 3.65. The topological polar surface area (TPSA) is 78.4 Å². The van der Waals surface area contributed by atoms with Crippen molar-refractivity contribution in [2.24, 2.45) is 11.8 Å². The van der Waals surface area contributed by atoms with Gasteiger partial charge in [-0.25, -0.2) is 4.79 Å². The smallest absolute Gasteiger partial charge is 0.329 e. The van der Waals surface area contributed by atoms with Crippen LogP contribution in [0.1, 0.15) is 26.2 Å². The van der Waals surface area contributed by atoms with Gasteiger partial charge in [0.25, 0.3) is 0 Å². The first-order valence-electron chi connectivity index (χ1n) is 5.80. The molecule has 0 aromatic heterocycles. The van der Waals surface area contributed by atoms with Crippen LogP contribution in [0.4, 0.5) is 0 Å². The molecule has 1 saturated heterocycles. The number of rotatable bonds is 4. The van der Waals surface area contributed by atoms with E-state index in [2.05, 4.69) is 10.6 Å². The molecule has 0 spiro atoms. The van der Waals surface area contributed by atoms with Crippen LogP contribution in [0.25, 0.3) is 0 Å². The molecule has 5 nitrogen and oxygen atoms in total. The number of carbonyl (C=O) groups excluding carboxylic acids is 1. The van der Waals surface area contributed by atoms with Gasteiger partial charge in [0.15, 0.2) is 0 Å². The van der Waals surface area contributed by atoms with E-state index in [-0.39, 0.29) is 17.7 Å². The van der Waals surface area contributed by atoms with Crippen molar-refractivity contribution in [2.75, 3.05) is 13.1 Å². The summed E-state index contributed by atoms with van der Waals surface area (Å²) in [5, 5.41) is 15.0. The number of aliphatic carboxylic acids is 1. The van der Waals surface area contributed by atoms with Crippen LogP contribution >= 0.6 is 0 Å². The summed E-state index contributed by atoms with van der Waals surface area (Å²) in [4.78, 5) is 23.1. The van der Waals surface area contributed by atoms with Crippen molar-refractivity contribution < 1.29 is 14.7 Å². The van der Waals surface area contributed by atoms with Crippen LogP contribution in [0.15, 0.2) is 0 Å². The largest absolute Gasteiger partial charge is 0.480 e. The van der Waals surface area contributed by atoms with E-state index in [1.807, 2.05) is 0 Å². The highest BCUT2D eigenvalue weighted by atomic mass is 16.4. The highest BCUT2D eigenvalue weighted by Crippen LogP contribution is 2.39. The molecule has 3 N–H and O–H groups in total. The maximum absolute atomic E-state index is 11.9. The molecule has 1 saturated carbocycles. The molecule has 16 heavy (non-hydrogen) atoms. The van der Waals surface area contributed by atoms with Crippen LogP contribution in [-0.4, -0.2) is 35.6 Å². The molecule has 2 rings (SSSR count). The number of hydrogen-bond acceptors (Lipinski definition) is 3. The Labute approximate surface area is 94.6 Å². The zero-order valence-corrected chi connectivity index (χ0v) is 9.45. The van der Waals surface area contributed by atoms with Gasteiger partial charge < -0.3 is 15.7 Å². The highest BCUT2D eigenvalue weighted by Gasteiger charge is 2.49. The fourth-order valence-electron chi connectivity index (χ4n) is 2.23. The Bertz CT molecular complexity index is 308. The van der Waals surface area contributed by atoms with Crippen LogP contribution in [0, 0.1) is 11.8 Å². The standard InChI is InChI=1S/C11H18N2O3/c1-11(10(15)16,8-2-3-8)13-9(14)7-4-5-12-6-7/h7-8,12H,2-6H2,1H3,(H,13,14)(H,15,16). The van der Waals surface area contributed by atoms with E-state index in [4.69, 9.17) is 0 Å². The van der Waals surface area contributed by atoms with E-state index in [9.17, 15) is 14.7 Å². The number of carboxylic acid groups (broad SMARTS) is 1. The molecule has 2 aliphatic rings. The normalized spacial score (nSPS) is 28.4. The lowest BCUT2D eigenvalue weighted by molar-refractivity contribution is -0.148. The predicted molar refractivity (Wildman–Crippen MR) is 57.9 cm³/mol. The van der Waals surface area contributed by atoms with Crippen molar-refractivity contribution >= 4 is 11.9 Å².